The molecule has 0 saturated carbocycles. The number of carbonyl (C=O) groups excluding carboxylic acids is 1. The number of aromatic nitrogens is 4. The lowest BCUT2D eigenvalue weighted by Gasteiger charge is -1.97. The fraction of sp³-hybridized carbons (Fsp3) is 0.500. The van der Waals surface area contributed by atoms with Gasteiger partial charge in [0, 0.05) is 6.54 Å². The Morgan fingerprint density at radius 2 is 2.50 bits per heavy atom. The van der Waals surface area contributed by atoms with Crippen molar-refractivity contribution in [2.75, 3.05) is 13.1 Å². The Morgan fingerprint density at radius 1 is 1.71 bits per heavy atom. The average molecular weight is 195 g/mol. The molecule has 1 aromatic rings. The van der Waals surface area contributed by atoms with Crippen LogP contribution in [0.4, 0.5) is 0 Å². The maximum absolute atomic E-state index is 11.3. The summed E-state index contributed by atoms with van der Waals surface area (Å²) in [5, 5.41) is 14.2. The molecule has 0 aliphatic carbocycles. The van der Waals surface area contributed by atoms with Gasteiger partial charge < -0.3 is 5.32 Å². The Hall–Kier alpha value is -1.56. The van der Waals surface area contributed by atoms with Gasteiger partial charge >= 0.3 is 0 Å². The summed E-state index contributed by atoms with van der Waals surface area (Å²) in [5.41, 5.74) is 0. The average Bonchev–Trinajstić information content (AvgIpc) is 2.52. The fourth-order valence-corrected chi connectivity index (χ4v) is 0.947. The maximum Gasteiger partial charge on any atom is 0.182 e. The molecule has 0 radical (unpaired) electrons. The predicted molar refractivity (Wildman–Crippen MR) is 50.6 cm³/mol. The van der Waals surface area contributed by atoms with E-state index in [1.165, 1.54) is 4.80 Å². The molecule has 6 nitrogen and oxygen atoms in total. The van der Waals surface area contributed by atoms with Gasteiger partial charge in [0.1, 0.15) is 0 Å². The lowest BCUT2D eigenvalue weighted by molar-refractivity contribution is -0.117. The summed E-state index contributed by atoms with van der Waals surface area (Å²) in [6.07, 6.45) is 1.92. The normalized spacial score (nSPS) is 10.1. The molecule has 1 N–H and O–H groups in total. The molecule has 1 rings (SSSR count). The number of rotatable bonds is 6. The maximum atomic E-state index is 11.3. The van der Waals surface area contributed by atoms with E-state index in [2.05, 4.69) is 27.3 Å². The van der Waals surface area contributed by atoms with E-state index in [1.54, 1.807) is 13.1 Å². The third-order valence-electron chi connectivity index (χ3n) is 1.52. The summed E-state index contributed by atoms with van der Waals surface area (Å²) < 4.78 is 0. The molecular formula is C8H13N5O. The number of hydrogen-bond donors (Lipinski definition) is 1. The van der Waals surface area contributed by atoms with E-state index in [1.807, 2.05) is 0 Å². The zero-order valence-corrected chi connectivity index (χ0v) is 8.10. The molecule has 0 fully saturated rings. The number of nitrogens with zero attached hydrogens (tertiary/aromatic N) is 4. The summed E-state index contributed by atoms with van der Waals surface area (Å²) >= 11 is 0. The molecule has 0 unspecified atom stereocenters. The zero-order valence-electron chi connectivity index (χ0n) is 8.10. The highest BCUT2D eigenvalue weighted by Crippen LogP contribution is 1.88. The van der Waals surface area contributed by atoms with Gasteiger partial charge in [0.25, 0.3) is 0 Å². The van der Waals surface area contributed by atoms with Crippen LogP contribution in [0, 0.1) is 0 Å². The van der Waals surface area contributed by atoms with Crippen molar-refractivity contribution in [2.24, 2.45) is 7.05 Å². The smallest absolute Gasteiger partial charge is 0.182 e. The van der Waals surface area contributed by atoms with Crippen LogP contribution in [0.15, 0.2) is 12.7 Å². The van der Waals surface area contributed by atoms with Crippen LogP contribution < -0.4 is 5.32 Å². The summed E-state index contributed by atoms with van der Waals surface area (Å²) in [5.74, 6) is 0.498. The van der Waals surface area contributed by atoms with E-state index in [9.17, 15) is 4.79 Å². The first-order chi connectivity index (χ1) is 6.72. The number of aryl methyl sites for hydroxylation is 1. The molecule has 0 bridgehead atoms. The third kappa shape index (κ3) is 3.44. The SMILES string of the molecule is C=CCNCC(=O)Cc1nnn(C)n1. The first-order valence-electron chi connectivity index (χ1n) is 4.28. The molecule has 0 aromatic carbocycles. The number of nitrogens with one attached hydrogen (secondary N) is 1. The van der Waals surface area contributed by atoms with Crippen LogP contribution in [0.3, 0.4) is 0 Å². The quantitative estimate of drug-likeness (QED) is 0.470. The van der Waals surface area contributed by atoms with Crippen LogP contribution in [-0.2, 0) is 18.3 Å². The van der Waals surface area contributed by atoms with Crippen LogP contribution in [0.1, 0.15) is 5.82 Å². The highest BCUT2D eigenvalue weighted by Gasteiger charge is 2.07. The van der Waals surface area contributed by atoms with Crippen molar-refractivity contribution in [3.63, 3.8) is 0 Å². The van der Waals surface area contributed by atoms with Gasteiger partial charge in [0.05, 0.1) is 20.0 Å². The molecule has 76 valence electrons. The largest absolute Gasteiger partial charge is 0.307 e. The van der Waals surface area contributed by atoms with Gasteiger partial charge in [-0.1, -0.05) is 6.08 Å². The van der Waals surface area contributed by atoms with Gasteiger partial charge in [-0.15, -0.1) is 16.8 Å². The van der Waals surface area contributed by atoms with Crippen molar-refractivity contribution in [2.45, 2.75) is 6.42 Å². The van der Waals surface area contributed by atoms with Gasteiger partial charge in [0.15, 0.2) is 11.6 Å². The van der Waals surface area contributed by atoms with Crippen LogP contribution in [0.2, 0.25) is 0 Å². The van der Waals surface area contributed by atoms with E-state index in [0.717, 1.165) is 0 Å². The first kappa shape index (κ1) is 10.5. The molecule has 0 aliphatic heterocycles. The molecule has 1 aromatic heterocycles. The third-order valence-corrected chi connectivity index (χ3v) is 1.52. The van der Waals surface area contributed by atoms with Crippen LogP contribution in [0.25, 0.3) is 0 Å². The molecule has 6 heteroatoms. The van der Waals surface area contributed by atoms with Crippen molar-refractivity contribution in [3.05, 3.63) is 18.5 Å². The predicted octanol–water partition coefficient (Wildman–Crippen LogP) is -0.903. The lowest BCUT2D eigenvalue weighted by atomic mass is 10.3. The van der Waals surface area contributed by atoms with Gasteiger partial charge in [0.2, 0.25) is 0 Å². The number of ketones is 1. The first-order valence-corrected chi connectivity index (χ1v) is 4.28. The van der Waals surface area contributed by atoms with E-state index >= 15 is 0 Å². The molecule has 0 saturated heterocycles. The van der Waals surface area contributed by atoms with Gasteiger partial charge in [-0.25, -0.2) is 0 Å². The van der Waals surface area contributed by atoms with Crippen molar-refractivity contribution < 1.29 is 4.79 Å². The highest BCUT2D eigenvalue weighted by atomic mass is 16.1. The summed E-state index contributed by atoms with van der Waals surface area (Å²) in [6, 6.07) is 0. The Balaban J connectivity index is 2.30. The molecule has 0 atom stereocenters. The number of tetrazole rings is 1. The fourth-order valence-electron chi connectivity index (χ4n) is 0.947. The van der Waals surface area contributed by atoms with Gasteiger partial charge in [-0.3, -0.25) is 4.79 Å². The van der Waals surface area contributed by atoms with E-state index in [-0.39, 0.29) is 12.2 Å². The summed E-state index contributed by atoms with van der Waals surface area (Å²) in [7, 11) is 1.66. The van der Waals surface area contributed by atoms with E-state index in [0.29, 0.717) is 18.9 Å². The van der Waals surface area contributed by atoms with Crippen molar-refractivity contribution in [1.82, 2.24) is 25.5 Å². The second kappa shape index (κ2) is 5.23. The molecule has 14 heavy (non-hydrogen) atoms. The topological polar surface area (TPSA) is 72.7 Å². The monoisotopic (exact) mass is 195 g/mol. The minimum Gasteiger partial charge on any atom is -0.307 e. The Bertz CT molecular complexity index is 319. The molecule has 0 amide bonds. The van der Waals surface area contributed by atoms with Crippen molar-refractivity contribution >= 4 is 5.78 Å². The summed E-state index contributed by atoms with van der Waals surface area (Å²) in [6.45, 7) is 4.47. The second-order valence-electron chi connectivity index (χ2n) is 2.83. The van der Waals surface area contributed by atoms with Crippen LogP contribution in [-0.4, -0.2) is 39.1 Å². The van der Waals surface area contributed by atoms with E-state index in [4.69, 9.17) is 0 Å². The number of Topliss-reactive ketones (excluding diaryl/α,β-unsaturated/α-hetero) is 1. The Kier molecular flexibility index (Phi) is 3.93. The lowest BCUT2D eigenvalue weighted by Crippen LogP contribution is -2.24. The van der Waals surface area contributed by atoms with Crippen LogP contribution >= 0.6 is 0 Å². The van der Waals surface area contributed by atoms with Gasteiger partial charge in [-0.05, 0) is 5.21 Å². The minimum absolute atomic E-state index is 0.0415. The second-order valence-corrected chi connectivity index (χ2v) is 2.83. The Labute approximate surface area is 82.0 Å². The zero-order chi connectivity index (χ0) is 10.4. The van der Waals surface area contributed by atoms with Crippen molar-refractivity contribution in [3.8, 4) is 0 Å². The molecule has 0 aliphatic rings. The highest BCUT2D eigenvalue weighted by molar-refractivity contribution is 5.81. The molecule has 1 heterocycles. The van der Waals surface area contributed by atoms with Crippen molar-refractivity contribution in [1.29, 1.82) is 0 Å². The summed E-state index contributed by atoms with van der Waals surface area (Å²) in [4.78, 5) is 12.6. The standard InChI is InChI=1S/C8H13N5O/c1-3-4-9-6-7(14)5-8-10-12-13(2)11-8/h3,9H,1,4-6H2,2H3. The van der Waals surface area contributed by atoms with E-state index < -0.39 is 0 Å². The number of hydrogen-bond acceptors (Lipinski definition) is 5. The van der Waals surface area contributed by atoms with Crippen LogP contribution in [0.5, 0.6) is 0 Å². The minimum atomic E-state index is 0.0415. The molecule has 0 spiro atoms. The Morgan fingerprint density at radius 3 is 3.07 bits per heavy atom. The number of carbonyl (C=O) groups is 1. The van der Waals surface area contributed by atoms with Gasteiger partial charge in [-0.2, -0.15) is 4.80 Å². The molecular weight excluding hydrogens is 182 g/mol.